The van der Waals surface area contributed by atoms with Crippen LogP contribution in [0.2, 0.25) is 0 Å². The van der Waals surface area contributed by atoms with E-state index in [1.807, 2.05) is 24.3 Å². The first-order valence-corrected chi connectivity index (χ1v) is 9.11. The van der Waals surface area contributed by atoms with Crippen molar-refractivity contribution in [2.75, 3.05) is 7.11 Å². The topological polar surface area (TPSA) is 76.7 Å². The molecule has 1 aliphatic heterocycles. The number of esters is 1. The van der Waals surface area contributed by atoms with Crippen molar-refractivity contribution in [3.8, 4) is 5.75 Å². The van der Waals surface area contributed by atoms with Crippen molar-refractivity contribution in [3.05, 3.63) is 41.1 Å². The summed E-state index contributed by atoms with van der Waals surface area (Å²) in [4.78, 5) is 25.0. The molecule has 2 aliphatic rings. The number of nitrogens with one attached hydrogen (secondary N) is 2. The van der Waals surface area contributed by atoms with Gasteiger partial charge in [0.2, 0.25) is 0 Å². The number of para-hydroxylation sites is 1. The molecule has 2 amide bonds. The van der Waals surface area contributed by atoms with Crippen LogP contribution in [0.25, 0.3) is 0 Å². The van der Waals surface area contributed by atoms with Crippen molar-refractivity contribution in [2.45, 2.75) is 51.7 Å². The van der Waals surface area contributed by atoms with Gasteiger partial charge in [-0.3, -0.25) is 0 Å². The van der Waals surface area contributed by atoms with Gasteiger partial charge in [-0.05, 0) is 38.2 Å². The normalized spacial score (nSPS) is 26.0. The van der Waals surface area contributed by atoms with Crippen LogP contribution in [0.3, 0.4) is 0 Å². The Morgan fingerprint density at radius 2 is 2.00 bits per heavy atom. The van der Waals surface area contributed by atoms with Crippen LogP contribution < -0.4 is 15.4 Å². The molecule has 0 unspecified atom stereocenters. The molecule has 0 spiro atoms. The average molecular weight is 358 g/mol. The summed E-state index contributed by atoms with van der Waals surface area (Å²) in [6.07, 6.45) is 3.96. The third-order valence-electron chi connectivity index (χ3n) is 5.10. The summed E-state index contributed by atoms with van der Waals surface area (Å²) < 4.78 is 11.2. The number of rotatable bonds is 4. The van der Waals surface area contributed by atoms with E-state index in [4.69, 9.17) is 9.47 Å². The zero-order valence-electron chi connectivity index (χ0n) is 15.5. The molecule has 3 atom stereocenters. The SMILES string of the molecule is COc1ccccc1[C@@H]1NC(=O)NC(C)=C1C(=O)O[C@@H]1CCC[C@H](C)C1. The third kappa shape index (κ3) is 3.84. The van der Waals surface area contributed by atoms with Gasteiger partial charge in [0.25, 0.3) is 0 Å². The van der Waals surface area contributed by atoms with E-state index in [-0.39, 0.29) is 18.1 Å². The van der Waals surface area contributed by atoms with Gasteiger partial charge in [0.15, 0.2) is 0 Å². The summed E-state index contributed by atoms with van der Waals surface area (Å²) >= 11 is 0. The maximum atomic E-state index is 13.0. The zero-order chi connectivity index (χ0) is 18.7. The van der Waals surface area contributed by atoms with Crippen molar-refractivity contribution in [3.63, 3.8) is 0 Å². The molecule has 0 radical (unpaired) electrons. The minimum Gasteiger partial charge on any atom is -0.496 e. The molecule has 1 aromatic rings. The van der Waals surface area contributed by atoms with Crippen molar-refractivity contribution in [1.82, 2.24) is 10.6 Å². The molecule has 2 N–H and O–H groups in total. The van der Waals surface area contributed by atoms with Crippen molar-refractivity contribution in [2.24, 2.45) is 5.92 Å². The molecule has 1 heterocycles. The summed E-state index contributed by atoms with van der Waals surface area (Å²) in [5.74, 6) is 0.792. The molecular formula is C20H26N2O4. The molecule has 3 rings (SSSR count). The smallest absolute Gasteiger partial charge is 0.338 e. The highest BCUT2D eigenvalue weighted by atomic mass is 16.5. The Balaban J connectivity index is 1.89. The second kappa shape index (κ2) is 7.81. The van der Waals surface area contributed by atoms with Crippen LogP contribution in [0.4, 0.5) is 4.79 Å². The van der Waals surface area contributed by atoms with Crippen molar-refractivity contribution < 1.29 is 19.1 Å². The molecular weight excluding hydrogens is 332 g/mol. The Bertz CT molecular complexity index is 728. The van der Waals surface area contributed by atoms with Crippen LogP contribution in [0.5, 0.6) is 5.75 Å². The lowest BCUT2D eigenvalue weighted by molar-refractivity contribution is -0.146. The molecule has 26 heavy (non-hydrogen) atoms. The van der Waals surface area contributed by atoms with E-state index in [0.29, 0.717) is 22.9 Å². The number of carbonyl (C=O) groups is 2. The van der Waals surface area contributed by atoms with Crippen LogP contribution in [-0.2, 0) is 9.53 Å². The van der Waals surface area contributed by atoms with Gasteiger partial charge in [-0.25, -0.2) is 9.59 Å². The summed E-state index contributed by atoms with van der Waals surface area (Å²) in [5, 5.41) is 5.51. The van der Waals surface area contributed by atoms with Gasteiger partial charge in [-0.15, -0.1) is 0 Å². The fraction of sp³-hybridized carbons (Fsp3) is 0.500. The Morgan fingerprint density at radius 3 is 2.73 bits per heavy atom. The molecule has 1 saturated carbocycles. The molecule has 0 bridgehead atoms. The first kappa shape index (κ1) is 18.3. The number of hydrogen-bond acceptors (Lipinski definition) is 4. The Kier molecular flexibility index (Phi) is 5.49. The highest BCUT2D eigenvalue weighted by Gasteiger charge is 2.35. The predicted octanol–water partition coefficient (Wildman–Crippen LogP) is 3.45. The van der Waals surface area contributed by atoms with Gasteiger partial charge in [0, 0.05) is 11.3 Å². The van der Waals surface area contributed by atoms with Crippen LogP contribution in [0.1, 0.15) is 51.1 Å². The number of methoxy groups -OCH3 is 1. The molecule has 1 fully saturated rings. The standard InChI is InChI=1S/C20H26N2O4/c1-12-7-6-8-14(11-12)26-19(23)17-13(2)21-20(24)22-18(17)15-9-4-5-10-16(15)25-3/h4-5,9-10,12,14,18H,6-8,11H2,1-3H3,(H2,21,22,24)/t12-,14+,18-/m0/s1. The fourth-order valence-corrected chi connectivity index (χ4v) is 3.80. The highest BCUT2D eigenvalue weighted by Crippen LogP contribution is 2.34. The number of ether oxygens (including phenoxy) is 2. The van der Waals surface area contributed by atoms with E-state index < -0.39 is 6.04 Å². The van der Waals surface area contributed by atoms with Gasteiger partial charge < -0.3 is 20.1 Å². The third-order valence-corrected chi connectivity index (χ3v) is 5.10. The van der Waals surface area contributed by atoms with E-state index >= 15 is 0 Å². The Morgan fingerprint density at radius 1 is 1.23 bits per heavy atom. The van der Waals surface area contributed by atoms with Crippen molar-refractivity contribution >= 4 is 12.0 Å². The van der Waals surface area contributed by atoms with Crippen LogP contribution >= 0.6 is 0 Å². The van der Waals surface area contributed by atoms with E-state index in [9.17, 15) is 9.59 Å². The van der Waals surface area contributed by atoms with E-state index in [0.717, 1.165) is 24.8 Å². The monoisotopic (exact) mass is 358 g/mol. The largest absolute Gasteiger partial charge is 0.496 e. The number of hydrogen-bond donors (Lipinski definition) is 2. The van der Waals surface area contributed by atoms with Gasteiger partial charge in [0.05, 0.1) is 18.7 Å². The number of benzene rings is 1. The predicted molar refractivity (Wildman–Crippen MR) is 97.6 cm³/mol. The second-order valence-electron chi connectivity index (χ2n) is 7.11. The lowest BCUT2D eigenvalue weighted by Gasteiger charge is -2.31. The molecule has 6 nitrogen and oxygen atoms in total. The minimum absolute atomic E-state index is 0.0671. The molecule has 1 aliphatic carbocycles. The van der Waals surface area contributed by atoms with Crippen LogP contribution in [0, 0.1) is 5.92 Å². The van der Waals surface area contributed by atoms with Gasteiger partial charge in [-0.1, -0.05) is 31.5 Å². The maximum absolute atomic E-state index is 13.0. The first-order chi connectivity index (χ1) is 12.5. The lowest BCUT2D eigenvalue weighted by atomic mass is 9.88. The summed E-state index contributed by atoms with van der Waals surface area (Å²) in [5.41, 5.74) is 1.67. The molecule has 140 valence electrons. The van der Waals surface area contributed by atoms with Crippen molar-refractivity contribution in [1.29, 1.82) is 0 Å². The maximum Gasteiger partial charge on any atom is 0.338 e. The average Bonchev–Trinajstić information content (AvgIpc) is 2.60. The van der Waals surface area contributed by atoms with Crippen LogP contribution in [-0.4, -0.2) is 25.2 Å². The summed E-state index contributed by atoms with van der Waals surface area (Å²) in [6.45, 7) is 3.91. The van der Waals surface area contributed by atoms with Gasteiger partial charge in [-0.2, -0.15) is 0 Å². The molecule has 0 aromatic heterocycles. The molecule has 1 aromatic carbocycles. The molecule has 6 heteroatoms. The van der Waals surface area contributed by atoms with E-state index in [2.05, 4.69) is 17.6 Å². The quantitative estimate of drug-likeness (QED) is 0.808. The summed E-state index contributed by atoms with van der Waals surface area (Å²) in [6, 6.07) is 6.41. The number of urea groups is 1. The lowest BCUT2D eigenvalue weighted by Crippen LogP contribution is -2.45. The first-order valence-electron chi connectivity index (χ1n) is 9.11. The van der Waals surface area contributed by atoms with Crippen LogP contribution in [0.15, 0.2) is 35.5 Å². The van der Waals surface area contributed by atoms with E-state index in [1.54, 1.807) is 14.0 Å². The number of amides is 2. The second-order valence-corrected chi connectivity index (χ2v) is 7.11. The highest BCUT2D eigenvalue weighted by molar-refractivity contribution is 5.95. The Labute approximate surface area is 153 Å². The minimum atomic E-state index is -0.603. The van der Waals surface area contributed by atoms with Gasteiger partial charge in [0.1, 0.15) is 11.9 Å². The Hall–Kier alpha value is -2.50. The fourth-order valence-electron chi connectivity index (χ4n) is 3.80. The number of carbonyl (C=O) groups excluding carboxylic acids is 2. The number of allylic oxidation sites excluding steroid dienone is 1. The summed E-state index contributed by atoms with van der Waals surface area (Å²) in [7, 11) is 1.57. The van der Waals surface area contributed by atoms with E-state index in [1.165, 1.54) is 6.42 Å². The van der Waals surface area contributed by atoms with Gasteiger partial charge >= 0.3 is 12.0 Å². The molecule has 0 saturated heterocycles. The zero-order valence-corrected chi connectivity index (χ0v) is 15.5.